The highest BCUT2D eigenvalue weighted by atomic mass is 79.9. The van der Waals surface area contributed by atoms with E-state index in [4.69, 9.17) is 11.6 Å². The van der Waals surface area contributed by atoms with E-state index in [0.717, 1.165) is 12.1 Å². The fourth-order valence-electron chi connectivity index (χ4n) is 1.45. The number of amides is 1. The minimum Gasteiger partial charge on any atom is -0.319 e. The van der Waals surface area contributed by atoms with Gasteiger partial charge in [-0.05, 0) is 46.3 Å². The molecule has 7 heteroatoms. The van der Waals surface area contributed by atoms with E-state index in [1.54, 1.807) is 0 Å². The summed E-state index contributed by atoms with van der Waals surface area (Å²) in [5.74, 6) is -5.09. The molecule has 2 aromatic carbocycles. The Morgan fingerprint density at radius 2 is 1.80 bits per heavy atom. The van der Waals surface area contributed by atoms with Crippen LogP contribution in [0.15, 0.2) is 34.8 Å². The standard InChI is InChI=1S/C13H6BrClF3NO/c14-7-5-6(1-2-8(7)15)13(20)19-10-4-3-9(16)11(17)12(10)18/h1-5H,(H,19,20). The Hall–Kier alpha value is -1.53. The second kappa shape index (κ2) is 5.85. The van der Waals surface area contributed by atoms with Gasteiger partial charge in [0.05, 0.1) is 10.7 Å². The smallest absolute Gasteiger partial charge is 0.255 e. The normalized spacial score (nSPS) is 10.4. The summed E-state index contributed by atoms with van der Waals surface area (Å²) in [5, 5.41) is 2.56. The van der Waals surface area contributed by atoms with Crippen LogP contribution in [0.1, 0.15) is 10.4 Å². The molecule has 104 valence electrons. The summed E-state index contributed by atoms with van der Waals surface area (Å²) in [7, 11) is 0. The molecule has 1 amide bonds. The zero-order chi connectivity index (χ0) is 14.9. The third-order valence-electron chi connectivity index (χ3n) is 2.47. The van der Waals surface area contributed by atoms with Crippen molar-refractivity contribution in [2.45, 2.75) is 0 Å². The molecule has 0 aliphatic heterocycles. The summed E-state index contributed by atoms with van der Waals surface area (Å²) in [4.78, 5) is 11.9. The van der Waals surface area contributed by atoms with Crippen molar-refractivity contribution in [1.29, 1.82) is 0 Å². The first-order valence-electron chi connectivity index (χ1n) is 5.30. The molecule has 0 atom stereocenters. The highest BCUT2D eigenvalue weighted by molar-refractivity contribution is 9.10. The van der Waals surface area contributed by atoms with E-state index < -0.39 is 29.0 Å². The molecule has 0 saturated carbocycles. The Balaban J connectivity index is 2.28. The number of halogens is 5. The van der Waals surface area contributed by atoms with Gasteiger partial charge in [-0.25, -0.2) is 13.2 Å². The molecule has 2 aromatic rings. The van der Waals surface area contributed by atoms with Crippen LogP contribution in [0.4, 0.5) is 18.9 Å². The van der Waals surface area contributed by atoms with E-state index in [1.807, 2.05) is 0 Å². The third kappa shape index (κ3) is 2.96. The van der Waals surface area contributed by atoms with E-state index in [2.05, 4.69) is 21.2 Å². The number of anilines is 1. The zero-order valence-corrected chi connectivity index (χ0v) is 12.0. The number of benzene rings is 2. The van der Waals surface area contributed by atoms with Crippen molar-refractivity contribution >= 4 is 39.1 Å². The molecule has 0 bridgehead atoms. The summed E-state index contributed by atoms with van der Waals surface area (Å²) >= 11 is 8.92. The average Bonchev–Trinajstić information content (AvgIpc) is 2.42. The highest BCUT2D eigenvalue weighted by Crippen LogP contribution is 2.24. The molecule has 1 N–H and O–H groups in total. The Bertz CT molecular complexity index is 694. The van der Waals surface area contributed by atoms with Crippen LogP contribution in [0.25, 0.3) is 0 Å². The van der Waals surface area contributed by atoms with E-state index in [9.17, 15) is 18.0 Å². The lowest BCUT2D eigenvalue weighted by Gasteiger charge is -2.08. The predicted octanol–water partition coefficient (Wildman–Crippen LogP) is 4.77. The minimum absolute atomic E-state index is 0.186. The molecule has 0 saturated heterocycles. The van der Waals surface area contributed by atoms with Crippen LogP contribution in [-0.2, 0) is 0 Å². The number of carbonyl (C=O) groups is 1. The molecule has 20 heavy (non-hydrogen) atoms. The lowest BCUT2D eigenvalue weighted by molar-refractivity contribution is 0.102. The van der Waals surface area contributed by atoms with Crippen molar-refractivity contribution in [3.05, 3.63) is 62.8 Å². The number of hydrogen-bond acceptors (Lipinski definition) is 1. The summed E-state index contributed by atoms with van der Waals surface area (Å²) in [6.07, 6.45) is 0. The van der Waals surface area contributed by atoms with Crippen molar-refractivity contribution in [2.75, 3.05) is 5.32 Å². The number of rotatable bonds is 2. The van der Waals surface area contributed by atoms with Crippen LogP contribution >= 0.6 is 27.5 Å². The van der Waals surface area contributed by atoms with Crippen LogP contribution in [0.2, 0.25) is 5.02 Å². The topological polar surface area (TPSA) is 29.1 Å². The molecule has 0 aliphatic rings. The van der Waals surface area contributed by atoms with Crippen molar-refractivity contribution in [3.63, 3.8) is 0 Å². The maximum atomic E-state index is 13.4. The van der Waals surface area contributed by atoms with Gasteiger partial charge in [-0.2, -0.15) is 0 Å². The summed E-state index contributed by atoms with van der Waals surface area (Å²) in [6, 6.07) is 5.99. The molecule has 0 spiro atoms. The maximum absolute atomic E-state index is 13.4. The Morgan fingerprint density at radius 3 is 2.45 bits per heavy atom. The fourth-order valence-corrected chi connectivity index (χ4v) is 1.95. The number of hydrogen-bond donors (Lipinski definition) is 1. The lowest BCUT2D eigenvalue weighted by atomic mass is 10.2. The van der Waals surface area contributed by atoms with Crippen LogP contribution < -0.4 is 5.32 Å². The summed E-state index contributed by atoms with van der Waals surface area (Å²) in [6.45, 7) is 0. The van der Waals surface area contributed by atoms with Gasteiger partial charge >= 0.3 is 0 Å². The first-order valence-corrected chi connectivity index (χ1v) is 6.47. The van der Waals surface area contributed by atoms with Crippen LogP contribution in [0, 0.1) is 17.5 Å². The quantitative estimate of drug-likeness (QED) is 0.764. The summed E-state index contributed by atoms with van der Waals surface area (Å²) < 4.78 is 39.7. The first-order chi connectivity index (χ1) is 9.40. The molecule has 2 nitrogen and oxygen atoms in total. The Morgan fingerprint density at radius 1 is 1.10 bits per heavy atom. The van der Waals surface area contributed by atoms with Crippen LogP contribution in [0.3, 0.4) is 0 Å². The monoisotopic (exact) mass is 363 g/mol. The van der Waals surface area contributed by atoms with Crippen molar-refractivity contribution in [2.24, 2.45) is 0 Å². The average molecular weight is 365 g/mol. The predicted molar refractivity (Wildman–Crippen MR) is 73.4 cm³/mol. The van der Waals surface area contributed by atoms with Gasteiger partial charge in [-0.3, -0.25) is 4.79 Å². The van der Waals surface area contributed by atoms with E-state index in [0.29, 0.717) is 9.50 Å². The molecule has 0 unspecified atom stereocenters. The van der Waals surface area contributed by atoms with Gasteiger partial charge in [0.2, 0.25) is 0 Å². The van der Waals surface area contributed by atoms with Crippen LogP contribution in [0.5, 0.6) is 0 Å². The fraction of sp³-hybridized carbons (Fsp3) is 0. The van der Waals surface area contributed by atoms with Gasteiger partial charge in [0.25, 0.3) is 5.91 Å². The molecular weight excluding hydrogens is 358 g/mol. The van der Waals surface area contributed by atoms with Gasteiger partial charge in [0, 0.05) is 10.0 Å². The number of nitrogens with one attached hydrogen (secondary N) is 1. The van der Waals surface area contributed by atoms with Gasteiger partial charge < -0.3 is 5.32 Å². The van der Waals surface area contributed by atoms with Gasteiger partial charge in [-0.1, -0.05) is 11.6 Å². The zero-order valence-electron chi connectivity index (χ0n) is 9.68. The second-order valence-corrected chi connectivity index (χ2v) is 5.07. The first kappa shape index (κ1) is 14.9. The van der Waals surface area contributed by atoms with Crippen LogP contribution in [-0.4, -0.2) is 5.91 Å². The third-order valence-corrected chi connectivity index (χ3v) is 3.68. The van der Waals surface area contributed by atoms with E-state index in [-0.39, 0.29) is 5.56 Å². The van der Waals surface area contributed by atoms with Gasteiger partial charge in [-0.15, -0.1) is 0 Å². The number of carbonyl (C=O) groups excluding carboxylic acids is 1. The minimum atomic E-state index is -1.64. The van der Waals surface area contributed by atoms with Crippen molar-refractivity contribution in [3.8, 4) is 0 Å². The molecule has 0 heterocycles. The lowest BCUT2D eigenvalue weighted by Crippen LogP contribution is -2.14. The van der Waals surface area contributed by atoms with Crippen molar-refractivity contribution in [1.82, 2.24) is 0 Å². The Labute approximate surface area is 125 Å². The molecular formula is C13H6BrClF3NO. The molecule has 0 radical (unpaired) electrons. The van der Waals surface area contributed by atoms with Gasteiger partial charge in [0.15, 0.2) is 17.5 Å². The molecule has 0 fully saturated rings. The Kier molecular flexibility index (Phi) is 4.35. The van der Waals surface area contributed by atoms with E-state index >= 15 is 0 Å². The van der Waals surface area contributed by atoms with Gasteiger partial charge in [0.1, 0.15) is 0 Å². The maximum Gasteiger partial charge on any atom is 0.255 e. The highest BCUT2D eigenvalue weighted by Gasteiger charge is 2.16. The SMILES string of the molecule is O=C(Nc1ccc(F)c(F)c1F)c1ccc(Cl)c(Br)c1. The molecule has 2 rings (SSSR count). The molecule has 0 aromatic heterocycles. The van der Waals surface area contributed by atoms with E-state index in [1.165, 1.54) is 18.2 Å². The molecule has 0 aliphatic carbocycles. The summed E-state index contributed by atoms with van der Waals surface area (Å²) in [5.41, 5.74) is -0.259. The second-order valence-electron chi connectivity index (χ2n) is 3.81. The van der Waals surface area contributed by atoms with Crippen molar-refractivity contribution < 1.29 is 18.0 Å². The largest absolute Gasteiger partial charge is 0.319 e.